The van der Waals surface area contributed by atoms with Gasteiger partial charge in [0, 0.05) is 24.8 Å². The maximum atomic E-state index is 12.3. The number of amides is 1. The van der Waals surface area contributed by atoms with Gasteiger partial charge in [-0.1, -0.05) is 44.1 Å². The number of hydrogen-bond acceptors (Lipinski definition) is 4. The summed E-state index contributed by atoms with van der Waals surface area (Å²) in [6.07, 6.45) is 7.70. The summed E-state index contributed by atoms with van der Waals surface area (Å²) in [5.74, 6) is 0.815. The van der Waals surface area contributed by atoms with Crippen molar-refractivity contribution in [3.63, 3.8) is 0 Å². The summed E-state index contributed by atoms with van der Waals surface area (Å²) in [6.45, 7) is 9.95. The number of benzene rings is 1. The minimum absolute atomic E-state index is 0.220. The number of aromatic amines is 1. The summed E-state index contributed by atoms with van der Waals surface area (Å²) in [4.78, 5) is 21.2. The first-order valence-corrected chi connectivity index (χ1v) is 10.5. The zero-order valence-corrected chi connectivity index (χ0v) is 17.9. The average Bonchev–Trinajstić information content (AvgIpc) is 3.47. The van der Waals surface area contributed by atoms with Crippen molar-refractivity contribution < 1.29 is 9.32 Å². The van der Waals surface area contributed by atoms with E-state index in [0.717, 1.165) is 54.7 Å². The molecule has 0 bridgehead atoms. The van der Waals surface area contributed by atoms with E-state index in [9.17, 15) is 4.79 Å². The minimum Gasteiger partial charge on any atom is -0.358 e. The van der Waals surface area contributed by atoms with E-state index in [-0.39, 0.29) is 5.91 Å². The monoisotopic (exact) mass is 396 g/mol. The van der Waals surface area contributed by atoms with Crippen molar-refractivity contribution in [2.24, 2.45) is 0 Å². The molecular formula is C23H32N4O2. The van der Waals surface area contributed by atoms with Gasteiger partial charge >= 0.3 is 0 Å². The highest BCUT2D eigenvalue weighted by molar-refractivity contribution is 5.95. The Morgan fingerprint density at radius 2 is 1.90 bits per heavy atom. The van der Waals surface area contributed by atoms with Crippen LogP contribution in [0.25, 0.3) is 11.5 Å². The van der Waals surface area contributed by atoms with Gasteiger partial charge < -0.3 is 14.4 Å². The van der Waals surface area contributed by atoms with Crippen LogP contribution in [0.3, 0.4) is 0 Å². The smallest absolute Gasteiger partial charge is 0.254 e. The summed E-state index contributed by atoms with van der Waals surface area (Å²) in [5.41, 5.74) is 4.10. The van der Waals surface area contributed by atoms with Crippen LogP contribution in [0.2, 0.25) is 0 Å². The summed E-state index contributed by atoms with van der Waals surface area (Å²) in [6, 6.07) is 9.93. The van der Waals surface area contributed by atoms with Gasteiger partial charge in [-0.25, -0.2) is 0 Å². The first kappa shape index (κ1) is 22.4. The van der Waals surface area contributed by atoms with Crippen molar-refractivity contribution in [2.75, 3.05) is 13.1 Å². The van der Waals surface area contributed by atoms with Crippen LogP contribution in [0, 0.1) is 6.92 Å². The molecule has 0 unspecified atom stereocenters. The van der Waals surface area contributed by atoms with E-state index in [4.69, 9.17) is 0 Å². The lowest BCUT2D eigenvalue weighted by molar-refractivity contribution is 0.0723. The number of nitrogens with zero attached hydrogens (tertiary/aromatic N) is 3. The molecule has 6 nitrogen and oxygen atoms in total. The highest BCUT2D eigenvalue weighted by atomic mass is 16.5. The molecule has 2 aromatic heterocycles. The normalized spacial score (nSPS) is 13.0. The molecule has 6 heteroatoms. The summed E-state index contributed by atoms with van der Waals surface area (Å²) < 4.78 is 4.60. The zero-order chi connectivity index (χ0) is 21.1. The maximum absolute atomic E-state index is 12.3. The molecule has 4 rings (SSSR count). The quantitative estimate of drug-likeness (QED) is 0.654. The molecule has 1 aromatic carbocycles. The fourth-order valence-corrected chi connectivity index (χ4v) is 3.23. The Balaban J connectivity index is 0.000000201. The predicted molar refractivity (Wildman–Crippen MR) is 116 cm³/mol. The van der Waals surface area contributed by atoms with E-state index >= 15 is 0 Å². The summed E-state index contributed by atoms with van der Waals surface area (Å²) >= 11 is 0. The van der Waals surface area contributed by atoms with Gasteiger partial charge in [-0.15, -0.1) is 0 Å². The van der Waals surface area contributed by atoms with Crippen molar-refractivity contribution >= 4 is 5.91 Å². The highest BCUT2D eigenvalue weighted by Gasteiger charge is 2.19. The number of carbonyl (C=O) groups excluding carboxylic acids is 1. The second kappa shape index (κ2) is 11.8. The SMILES string of the molecule is CC.CCc1ccccc1C(=O)N1CCCCC1.Cc1c[nH]c(-c2ncon2)c1. The molecule has 1 amide bonds. The number of carbonyl (C=O) groups is 1. The second-order valence-corrected chi connectivity index (χ2v) is 6.71. The Morgan fingerprint density at radius 3 is 2.48 bits per heavy atom. The molecule has 0 aliphatic carbocycles. The molecule has 0 spiro atoms. The number of piperidine rings is 1. The molecular weight excluding hydrogens is 364 g/mol. The fourth-order valence-electron chi connectivity index (χ4n) is 3.23. The van der Waals surface area contributed by atoms with Crippen LogP contribution in [0.5, 0.6) is 0 Å². The lowest BCUT2D eigenvalue weighted by Crippen LogP contribution is -2.36. The number of aromatic nitrogens is 3. The lowest BCUT2D eigenvalue weighted by atomic mass is 10.0. The Labute approximate surface area is 173 Å². The van der Waals surface area contributed by atoms with Crippen LogP contribution in [0.1, 0.15) is 61.5 Å². The Morgan fingerprint density at radius 1 is 1.17 bits per heavy atom. The third-order valence-electron chi connectivity index (χ3n) is 4.70. The molecule has 1 aliphatic heterocycles. The second-order valence-electron chi connectivity index (χ2n) is 6.71. The van der Waals surface area contributed by atoms with Crippen molar-refractivity contribution in [1.82, 2.24) is 20.0 Å². The number of nitrogens with one attached hydrogen (secondary N) is 1. The first-order chi connectivity index (χ1) is 14.2. The predicted octanol–water partition coefficient (Wildman–Crippen LogP) is 5.27. The van der Waals surface area contributed by atoms with E-state index in [2.05, 4.69) is 32.6 Å². The van der Waals surface area contributed by atoms with Crippen molar-refractivity contribution in [3.8, 4) is 11.5 Å². The van der Waals surface area contributed by atoms with E-state index in [1.165, 1.54) is 12.8 Å². The van der Waals surface area contributed by atoms with Crippen molar-refractivity contribution in [2.45, 2.75) is 53.4 Å². The molecule has 0 radical (unpaired) electrons. The maximum Gasteiger partial charge on any atom is 0.254 e. The first-order valence-electron chi connectivity index (χ1n) is 10.5. The third kappa shape index (κ3) is 6.31. The molecule has 1 aliphatic rings. The molecule has 156 valence electrons. The number of hydrogen-bond donors (Lipinski definition) is 1. The van der Waals surface area contributed by atoms with Gasteiger partial charge in [0.25, 0.3) is 5.91 Å². The van der Waals surface area contributed by atoms with Gasteiger partial charge in [-0.3, -0.25) is 4.79 Å². The summed E-state index contributed by atoms with van der Waals surface area (Å²) in [5, 5.41) is 3.68. The van der Waals surface area contributed by atoms with E-state index < -0.39 is 0 Å². The number of H-pyrrole nitrogens is 1. The average molecular weight is 397 g/mol. The minimum atomic E-state index is 0.220. The number of rotatable bonds is 3. The number of aryl methyl sites for hydroxylation is 2. The van der Waals surface area contributed by atoms with Gasteiger partial charge in [-0.2, -0.15) is 4.98 Å². The van der Waals surface area contributed by atoms with E-state index in [1.807, 2.05) is 56.1 Å². The van der Waals surface area contributed by atoms with Crippen molar-refractivity contribution in [1.29, 1.82) is 0 Å². The van der Waals surface area contributed by atoms with Crippen LogP contribution >= 0.6 is 0 Å². The largest absolute Gasteiger partial charge is 0.358 e. The van der Waals surface area contributed by atoms with Crippen LogP contribution < -0.4 is 0 Å². The summed E-state index contributed by atoms with van der Waals surface area (Å²) in [7, 11) is 0. The van der Waals surface area contributed by atoms with Gasteiger partial charge in [-0.05, 0) is 55.9 Å². The van der Waals surface area contributed by atoms with Gasteiger partial charge in [0.2, 0.25) is 12.2 Å². The van der Waals surface area contributed by atoms with E-state index in [1.54, 1.807) is 0 Å². The molecule has 1 N–H and O–H groups in total. The van der Waals surface area contributed by atoms with Gasteiger partial charge in [0.15, 0.2) is 0 Å². The van der Waals surface area contributed by atoms with Gasteiger partial charge in [0.1, 0.15) is 0 Å². The molecule has 3 heterocycles. The van der Waals surface area contributed by atoms with Gasteiger partial charge in [0.05, 0.1) is 5.69 Å². The van der Waals surface area contributed by atoms with Crippen LogP contribution in [0.15, 0.2) is 47.4 Å². The van der Waals surface area contributed by atoms with E-state index in [0.29, 0.717) is 5.82 Å². The Bertz CT molecular complexity index is 849. The van der Waals surface area contributed by atoms with Crippen LogP contribution in [-0.2, 0) is 6.42 Å². The fraction of sp³-hybridized carbons (Fsp3) is 0.435. The molecule has 3 aromatic rings. The van der Waals surface area contributed by atoms with Crippen molar-refractivity contribution in [3.05, 3.63) is 59.6 Å². The van der Waals surface area contributed by atoms with Crippen LogP contribution in [-0.4, -0.2) is 39.0 Å². The molecule has 0 saturated carbocycles. The Hall–Kier alpha value is -2.89. The molecule has 1 fully saturated rings. The third-order valence-corrected chi connectivity index (χ3v) is 4.70. The zero-order valence-electron chi connectivity index (χ0n) is 17.9. The van der Waals surface area contributed by atoms with Crippen LogP contribution in [0.4, 0.5) is 0 Å². The standard InChI is InChI=1S/C14H19NO.C7H7N3O.C2H6/c1-2-12-8-4-5-9-13(12)14(16)15-10-6-3-7-11-15;1-5-2-6(8-3-5)7-9-4-11-10-7;1-2/h4-5,8-9H,2-3,6-7,10-11H2,1H3;2-4,8H,1H3;1-2H3. The highest BCUT2D eigenvalue weighted by Crippen LogP contribution is 2.16. The molecule has 0 atom stereocenters. The Kier molecular flexibility index (Phi) is 9.15. The molecule has 1 saturated heterocycles. The number of likely N-dealkylation sites (tertiary alicyclic amines) is 1. The lowest BCUT2D eigenvalue weighted by Gasteiger charge is -2.27. The topological polar surface area (TPSA) is 75.0 Å². The molecule has 29 heavy (non-hydrogen) atoms.